The fourth-order valence-corrected chi connectivity index (χ4v) is 5.08. The fraction of sp³-hybridized carbons (Fsp3) is 1.00. The molecule has 0 aliphatic carbocycles. The lowest BCUT2D eigenvalue weighted by Crippen LogP contribution is -2.45. The van der Waals surface area contributed by atoms with Crippen LogP contribution in [0.25, 0.3) is 0 Å². The molecule has 4 nitrogen and oxygen atoms in total. The van der Waals surface area contributed by atoms with Gasteiger partial charge in [0.25, 0.3) is 0 Å². The second-order valence-corrected chi connectivity index (χ2v) is 9.13. The van der Waals surface area contributed by atoms with Gasteiger partial charge in [-0.25, -0.2) is 8.42 Å². The van der Waals surface area contributed by atoms with Gasteiger partial charge in [-0.1, -0.05) is 0 Å². The first-order valence-electron chi connectivity index (χ1n) is 6.74. The summed E-state index contributed by atoms with van der Waals surface area (Å²) in [5.74, 6) is 0.974. The minimum absolute atomic E-state index is 0.0943. The van der Waals surface area contributed by atoms with Crippen molar-refractivity contribution >= 4 is 9.84 Å². The van der Waals surface area contributed by atoms with Gasteiger partial charge < -0.3 is 10.1 Å². The molecule has 1 N–H and O–H groups in total. The topological polar surface area (TPSA) is 55.4 Å². The third kappa shape index (κ3) is 3.25. The number of nitrogens with one attached hydrogen (secondary N) is 1. The molecule has 0 bridgehead atoms. The first-order chi connectivity index (χ1) is 8.10. The molecule has 0 aromatic heterocycles. The molecule has 0 aromatic carbocycles. The lowest BCUT2D eigenvalue weighted by Gasteiger charge is -2.28. The van der Waals surface area contributed by atoms with Gasteiger partial charge >= 0.3 is 0 Å². The normalized spacial score (nSPS) is 36.9. The van der Waals surface area contributed by atoms with Crippen molar-refractivity contribution in [3.8, 4) is 0 Å². The van der Waals surface area contributed by atoms with Crippen LogP contribution < -0.4 is 5.32 Å². The molecule has 106 valence electrons. The number of hydrogen-bond donors (Lipinski definition) is 1. The van der Waals surface area contributed by atoms with Gasteiger partial charge in [0.05, 0.1) is 22.7 Å². The summed E-state index contributed by atoms with van der Waals surface area (Å²) >= 11 is 0. The maximum absolute atomic E-state index is 11.4. The van der Waals surface area contributed by atoms with Gasteiger partial charge in [-0.3, -0.25) is 0 Å². The second kappa shape index (κ2) is 4.46. The van der Waals surface area contributed by atoms with Crippen LogP contribution in [0.4, 0.5) is 0 Å². The van der Waals surface area contributed by atoms with Crippen molar-refractivity contribution < 1.29 is 13.2 Å². The predicted molar refractivity (Wildman–Crippen MR) is 72.4 cm³/mol. The molecule has 0 saturated carbocycles. The van der Waals surface area contributed by atoms with Crippen molar-refractivity contribution in [3.05, 3.63) is 0 Å². The zero-order valence-electron chi connectivity index (χ0n) is 11.8. The summed E-state index contributed by atoms with van der Waals surface area (Å²) in [6.07, 6.45) is 1.77. The standard InChI is InChI=1S/C13H25NO3S/c1-12(2)7-11(13(3,4)17-12)14-8-10-5-6-18(15,16)9-10/h10-11,14H,5-9H2,1-4H3. The molecule has 2 saturated heterocycles. The SMILES string of the molecule is CC1(C)CC(NCC2CCS(=O)(=O)C2)C(C)(C)O1. The Kier molecular flexibility index (Phi) is 3.54. The van der Waals surface area contributed by atoms with Crippen LogP contribution in [0.3, 0.4) is 0 Å². The van der Waals surface area contributed by atoms with Crippen molar-refractivity contribution in [2.45, 2.75) is 57.8 Å². The van der Waals surface area contributed by atoms with Crippen LogP contribution in [0, 0.1) is 5.92 Å². The summed E-state index contributed by atoms with van der Waals surface area (Å²) in [7, 11) is -2.76. The Morgan fingerprint density at radius 2 is 1.94 bits per heavy atom. The van der Waals surface area contributed by atoms with Crippen LogP contribution in [-0.4, -0.2) is 43.7 Å². The van der Waals surface area contributed by atoms with Crippen molar-refractivity contribution in [1.82, 2.24) is 5.32 Å². The highest BCUT2D eigenvalue weighted by Gasteiger charge is 2.45. The third-order valence-electron chi connectivity index (χ3n) is 4.05. The summed E-state index contributed by atoms with van der Waals surface area (Å²) in [6.45, 7) is 9.20. The quantitative estimate of drug-likeness (QED) is 0.845. The van der Waals surface area contributed by atoms with E-state index in [1.54, 1.807) is 0 Å². The van der Waals surface area contributed by atoms with E-state index in [-0.39, 0.29) is 17.1 Å². The van der Waals surface area contributed by atoms with Gasteiger partial charge in [-0.05, 0) is 53.0 Å². The molecule has 0 spiro atoms. The molecule has 5 heteroatoms. The summed E-state index contributed by atoms with van der Waals surface area (Å²) in [5.41, 5.74) is -0.274. The molecule has 2 aliphatic rings. The molecule has 2 rings (SSSR count). The van der Waals surface area contributed by atoms with Gasteiger partial charge in [0, 0.05) is 6.04 Å². The molecule has 2 aliphatic heterocycles. The molecule has 18 heavy (non-hydrogen) atoms. The Labute approximate surface area is 110 Å². The first-order valence-corrected chi connectivity index (χ1v) is 8.56. The third-order valence-corrected chi connectivity index (χ3v) is 5.89. The van der Waals surface area contributed by atoms with E-state index < -0.39 is 9.84 Å². The Bertz CT molecular complexity index is 414. The zero-order valence-corrected chi connectivity index (χ0v) is 12.6. The maximum Gasteiger partial charge on any atom is 0.150 e. The van der Waals surface area contributed by atoms with E-state index in [1.807, 2.05) is 0 Å². The second-order valence-electron chi connectivity index (χ2n) is 6.90. The zero-order chi connectivity index (χ0) is 13.6. The highest BCUT2D eigenvalue weighted by atomic mass is 32.2. The molecule has 0 amide bonds. The van der Waals surface area contributed by atoms with Gasteiger partial charge in [-0.2, -0.15) is 0 Å². The van der Waals surface area contributed by atoms with Crippen molar-refractivity contribution in [1.29, 1.82) is 0 Å². The average molecular weight is 275 g/mol. The van der Waals surface area contributed by atoms with Crippen LogP contribution in [0.2, 0.25) is 0 Å². The van der Waals surface area contributed by atoms with Crippen molar-refractivity contribution in [3.63, 3.8) is 0 Å². The monoisotopic (exact) mass is 275 g/mol. The first kappa shape index (κ1) is 14.3. The Hall–Kier alpha value is -0.130. The largest absolute Gasteiger partial charge is 0.368 e. The van der Waals surface area contributed by atoms with Crippen LogP contribution in [0.5, 0.6) is 0 Å². The Morgan fingerprint density at radius 1 is 1.28 bits per heavy atom. The van der Waals surface area contributed by atoms with E-state index in [9.17, 15) is 8.42 Å². The van der Waals surface area contributed by atoms with Gasteiger partial charge in [0.15, 0.2) is 9.84 Å². The summed E-state index contributed by atoms with van der Waals surface area (Å²) < 4.78 is 28.9. The lowest BCUT2D eigenvalue weighted by molar-refractivity contribution is -0.0699. The number of hydrogen-bond acceptors (Lipinski definition) is 4. The smallest absolute Gasteiger partial charge is 0.150 e. The molecule has 2 fully saturated rings. The van der Waals surface area contributed by atoms with Crippen LogP contribution >= 0.6 is 0 Å². The summed E-state index contributed by atoms with van der Waals surface area (Å²) in [4.78, 5) is 0. The van der Waals surface area contributed by atoms with Crippen LogP contribution in [-0.2, 0) is 14.6 Å². The summed E-state index contributed by atoms with van der Waals surface area (Å²) in [5, 5.41) is 3.52. The highest BCUT2D eigenvalue weighted by Crippen LogP contribution is 2.37. The molecule has 0 aromatic rings. The minimum atomic E-state index is -2.76. The molecule has 2 heterocycles. The molecule has 0 radical (unpaired) electrons. The van der Waals surface area contributed by atoms with E-state index in [4.69, 9.17) is 4.74 Å². The maximum atomic E-state index is 11.4. The average Bonchev–Trinajstić information content (AvgIpc) is 2.59. The predicted octanol–water partition coefficient (Wildman–Crippen LogP) is 1.36. The molecular weight excluding hydrogens is 250 g/mol. The highest BCUT2D eigenvalue weighted by molar-refractivity contribution is 7.91. The summed E-state index contributed by atoms with van der Waals surface area (Å²) in [6, 6.07) is 0.302. The molecular formula is C13H25NO3S. The number of rotatable bonds is 3. The molecule has 2 unspecified atom stereocenters. The van der Waals surface area contributed by atoms with Crippen molar-refractivity contribution in [2.24, 2.45) is 5.92 Å². The van der Waals surface area contributed by atoms with E-state index in [1.165, 1.54) is 0 Å². The van der Waals surface area contributed by atoms with Gasteiger partial charge in [0.2, 0.25) is 0 Å². The number of ether oxygens (including phenoxy) is 1. The van der Waals surface area contributed by atoms with Crippen LogP contribution in [0.15, 0.2) is 0 Å². The number of sulfone groups is 1. The Balaban J connectivity index is 1.88. The van der Waals surface area contributed by atoms with Gasteiger partial charge in [-0.15, -0.1) is 0 Å². The lowest BCUT2D eigenvalue weighted by atomic mass is 9.94. The van der Waals surface area contributed by atoms with Crippen molar-refractivity contribution in [2.75, 3.05) is 18.1 Å². The van der Waals surface area contributed by atoms with E-state index >= 15 is 0 Å². The van der Waals surface area contributed by atoms with E-state index in [0.717, 1.165) is 19.4 Å². The van der Waals surface area contributed by atoms with E-state index in [0.29, 0.717) is 17.5 Å². The van der Waals surface area contributed by atoms with E-state index in [2.05, 4.69) is 33.0 Å². The fourth-order valence-electron chi connectivity index (χ4n) is 3.22. The van der Waals surface area contributed by atoms with Gasteiger partial charge in [0.1, 0.15) is 0 Å². The van der Waals surface area contributed by atoms with Crippen LogP contribution in [0.1, 0.15) is 40.5 Å². The minimum Gasteiger partial charge on any atom is -0.368 e. The molecule has 2 atom stereocenters. The Morgan fingerprint density at radius 3 is 2.39 bits per heavy atom.